The molecular formula is C21H14ClFN4O2. The maximum atomic E-state index is 14.2. The van der Waals surface area contributed by atoms with Gasteiger partial charge >= 0.3 is 6.03 Å². The van der Waals surface area contributed by atoms with Gasteiger partial charge in [0.1, 0.15) is 5.75 Å². The minimum Gasteiger partial charge on any atom is -0.454 e. The van der Waals surface area contributed by atoms with Crippen molar-refractivity contribution in [3.63, 3.8) is 0 Å². The summed E-state index contributed by atoms with van der Waals surface area (Å²) >= 11 is 5.82. The summed E-state index contributed by atoms with van der Waals surface area (Å²) in [5.41, 5.74) is 2.27. The van der Waals surface area contributed by atoms with Crippen LogP contribution >= 0.6 is 11.6 Å². The van der Waals surface area contributed by atoms with Crippen LogP contribution in [-0.4, -0.2) is 16.0 Å². The Morgan fingerprint density at radius 1 is 0.862 bits per heavy atom. The lowest BCUT2D eigenvalue weighted by Gasteiger charge is -2.11. The van der Waals surface area contributed by atoms with E-state index in [-0.39, 0.29) is 5.75 Å². The molecule has 0 aliphatic heterocycles. The van der Waals surface area contributed by atoms with E-state index >= 15 is 0 Å². The molecular weight excluding hydrogens is 395 g/mol. The molecule has 0 atom stereocenters. The molecule has 2 amide bonds. The highest BCUT2D eigenvalue weighted by Crippen LogP contribution is 2.29. The van der Waals surface area contributed by atoms with Crippen LogP contribution in [0.2, 0.25) is 5.02 Å². The van der Waals surface area contributed by atoms with Crippen LogP contribution in [0, 0.1) is 5.82 Å². The zero-order valence-corrected chi connectivity index (χ0v) is 15.7. The van der Waals surface area contributed by atoms with Crippen molar-refractivity contribution in [1.82, 2.24) is 9.97 Å². The molecule has 0 fully saturated rings. The van der Waals surface area contributed by atoms with E-state index in [1.807, 2.05) is 0 Å². The number of rotatable bonds is 4. The summed E-state index contributed by atoms with van der Waals surface area (Å²) in [7, 11) is 0. The van der Waals surface area contributed by atoms with Gasteiger partial charge in [0.2, 0.25) is 0 Å². The highest BCUT2D eigenvalue weighted by Gasteiger charge is 2.10. The fourth-order valence-corrected chi connectivity index (χ4v) is 2.75. The fourth-order valence-electron chi connectivity index (χ4n) is 2.62. The smallest absolute Gasteiger partial charge is 0.323 e. The molecule has 6 nitrogen and oxygen atoms in total. The fraction of sp³-hybridized carbons (Fsp3) is 0. The largest absolute Gasteiger partial charge is 0.454 e. The van der Waals surface area contributed by atoms with Gasteiger partial charge in [-0.15, -0.1) is 0 Å². The summed E-state index contributed by atoms with van der Waals surface area (Å²) in [6.45, 7) is 0. The van der Waals surface area contributed by atoms with Gasteiger partial charge in [-0.25, -0.2) is 9.18 Å². The van der Waals surface area contributed by atoms with Crippen molar-refractivity contribution in [2.45, 2.75) is 0 Å². The maximum absolute atomic E-state index is 14.2. The first-order valence-electron chi connectivity index (χ1n) is 8.58. The van der Waals surface area contributed by atoms with E-state index in [4.69, 9.17) is 16.3 Å². The molecule has 1 heterocycles. The monoisotopic (exact) mass is 408 g/mol. The average Bonchev–Trinajstić information content (AvgIpc) is 2.72. The molecule has 0 bridgehead atoms. The molecule has 144 valence electrons. The number of carbonyl (C=O) groups excluding carboxylic acids is 1. The predicted molar refractivity (Wildman–Crippen MR) is 110 cm³/mol. The van der Waals surface area contributed by atoms with Gasteiger partial charge < -0.3 is 15.4 Å². The minimum absolute atomic E-state index is 0.0301. The van der Waals surface area contributed by atoms with Crippen molar-refractivity contribution >= 4 is 40.0 Å². The van der Waals surface area contributed by atoms with E-state index in [1.54, 1.807) is 54.9 Å². The standard InChI is InChI=1S/C21H14ClFN4O2/c22-13-1-3-14(4-2-13)26-21(28)27-15-5-7-17(23)20(11-15)29-16-6-8-18-19(12-16)25-10-9-24-18/h1-12H,(H2,26,27,28). The predicted octanol–water partition coefficient (Wildman–Crippen LogP) is 5.86. The van der Waals surface area contributed by atoms with E-state index in [1.165, 1.54) is 18.2 Å². The average molecular weight is 409 g/mol. The number of ether oxygens (including phenoxy) is 1. The summed E-state index contributed by atoms with van der Waals surface area (Å²) < 4.78 is 19.8. The van der Waals surface area contributed by atoms with Crippen molar-refractivity contribution < 1.29 is 13.9 Å². The van der Waals surface area contributed by atoms with Crippen LogP contribution in [0.15, 0.2) is 73.1 Å². The summed E-state index contributed by atoms with van der Waals surface area (Å²) in [6, 6.07) is 15.3. The van der Waals surface area contributed by atoms with E-state index < -0.39 is 11.8 Å². The highest BCUT2D eigenvalue weighted by molar-refractivity contribution is 6.30. The number of urea groups is 1. The Morgan fingerprint density at radius 2 is 1.55 bits per heavy atom. The van der Waals surface area contributed by atoms with E-state index in [0.717, 1.165) is 0 Å². The normalized spacial score (nSPS) is 10.6. The van der Waals surface area contributed by atoms with Crippen LogP contribution in [0.3, 0.4) is 0 Å². The number of fused-ring (bicyclic) bond motifs is 1. The number of anilines is 2. The molecule has 0 aliphatic carbocycles. The van der Waals surface area contributed by atoms with Crippen molar-refractivity contribution in [3.8, 4) is 11.5 Å². The first-order valence-corrected chi connectivity index (χ1v) is 8.96. The Kier molecular flexibility index (Phi) is 5.22. The molecule has 0 aliphatic rings. The Hall–Kier alpha value is -3.71. The zero-order valence-electron chi connectivity index (χ0n) is 14.9. The van der Waals surface area contributed by atoms with E-state index in [2.05, 4.69) is 20.6 Å². The molecule has 2 N–H and O–H groups in total. The zero-order chi connectivity index (χ0) is 20.2. The van der Waals surface area contributed by atoms with Gasteiger partial charge in [0.15, 0.2) is 11.6 Å². The van der Waals surface area contributed by atoms with Crippen LogP contribution in [-0.2, 0) is 0 Å². The lowest BCUT2D eigenvalue weighted by atomic mass is 10.2. The number of hydrogen-bond acceptors (Lipinski definition) is 4. The van der Waals surface area contributed by atoms with Crippen LogP contribution < -0.4 is 15.4 Å². The van der Waals surface area contributed by atoms with Crippen molar-refractivity contribution in [3.05, 3.63) is 83.9 Å². The summed E-state index contributed by atoms with van der Waals surface area (Å²) in [5.74, 6) is -0.190. The third-order valence-electron chi connectivity index (χ3n) is 3.96. The molecule has 4 aromatic rings. The number of halogens is 2. The number of aromatic nitrogens is 2. The first kappa shape index (κ1) is 18.6. The summed E-state index contributed by atoms with van der Waals surface area (Å²) in [4.78, 5) is 20.5. The van der Waals surface area contributed by atoms with E-state index in [9.17, 15) is 9.18 Å². The lowest BCUT2D eigenvalue weighted by molar-refractivity contribution is 0.262. The number of nitrogens with one attached hydrogen (secondary N) is 2. The Bertz CT molecular complexity index is 1180. The molecule has 0 saturated carbocycles. The van der Waals surface area contributed by atoms with Crippen LogP contribution in [0.25, 0.3) is 11.0 Å². The van der Waals surface area contributed by atoms with Gasteiger partial charge in [0.05, 0.1) is 11.0 Å². The van der Waals surface area contributed by atoms with Crippen molar-refractivity contribution in [2.75, 3.05) is 10.6 Å². The third-order valence-corrected chi connectivity index (χ3v) is 4.21. The molecule has 1 aromatic heterocycles. The quantitative estimate of drug-likeness (QED) is 0.443. The van der Waals surface area contributed by atoms with Crippen LogP contribution in [0.1, 0.15) is 0 Å². The minimum atomic E-state index is -0.562. The summed E-state index contributed by atoms with van der Waals surface area (Å²) in [6.07, 6.45) is 3.16. The molecule has 0 saturated heterocycles. The topological polar surface area (TPSA) is 76.1 Å². The second-order valence-corrected chi connectivity index (χ2v) is 6.48. The van der Waals surface area contributed by atoms with Crippen LogP contribution in [0.4, 0.5) is 20.6 Å². The molecule has 3 aromatic carbocycles. The van der Waals surface area contributed by atoms with Gasteiger partial charge in [-0.3, -0.25) is 9.97 Å². The molecule has 8 heteroatoms. The number of carbonyl (C=O) groups is 1. The Balaban J connectivity index is 1.49. The number of amides is 2. The van der Waals surface area contributed by atoms with Crippen molar-refractivity contribution in [2.24, 2.45) is 0 Å². The van der Waals surface area contributed by atoms with Gasteiger partial charge in [-0.2, -0.15) is 0 Å². The van der Waals surface area contributed by atoms with Gasteiger partial charge in [-0.05, 0) is 48.5 Å². The molecule has 0 unspecified atom stereocenters. The lowest BCUT2D eigenvalue weighted by Crippen LogP contribution is -2.19. The SMILES string of the molecule is O=C(Nc1ccc(Cl)cc1)Nc1ccc(F)c(Oc2ccc3nccnc3c2)c1. The first-order chi connectivity index (χ1) is 14.1. The third kappa shape index (κ3) is 4.59. The van der Waals surface area contributed by atoms with Gasteiger partial charge in [0.25, 0.3) is 0 Å². The summed E-state index contributed by atoms with van der Waals surface area (Å²) in [5, 5.41) is 5.86. The van der Waals surface area contributed by atoms with E-state index in [0.29, 0.717) is 33.2 Å². The Morgan fingerprint density at radius 3 is 2.34 bits per heavy atom. The molecule has 29 heavy (non-hydrogen) atoms. The molecule has 0 spiro atoms. The molecule has 4 rings (SSSR count). The number of benzene rings is 3. The Labute approximate surface area is 170 Å². The van der Waals surface area contributed by atoms with Gasteiger partial charge in [-0.1, -0.05) is 11.6 Å². The maximum Gasteiger partial charge on any atom is 0.323 e. The second kappa shape index (κ2) is 8.12. The van der Waals surface area contributed by atoms with Crippen LogP contribution in [0.5, 0.6) is 11.5 Å². The second-order valence-electron chi connectivity index (χ2n) is 6.04. The van der Waals surface area contributed by atoms with Crippen molar-refractivity contribution in [1.29, 1.82) is 0 Å². The highest BCUT2D eigenvalue weighted by atomic mass is 35.5. The van der Waals surface area contributed by atoms with Gasteiger partial charge in [0, 0.05) is 40.9 Å². The molecule has 0 radical (unpaired) electrons. The number of hydrogen-bond donors (Lipinski definition) is 2. The number of nitrogens with zero attached hydrogens (tertiary/aromatic N) is 2.